The molecule has 228 valence electrons. The van der Waals surface area contributed by atoms with Crippen molar-refractivity contribution in [2.45, 2.75) is 52.4 Å². The van der Waals surface area contributed by atoms with Crippen LogP contribution in [-0.2, 0) is 13.6 Å². The second kappa shape index (κ2) is 12.4. The van der Waals surface area contributed by atoms with Crippen LogP contribution in [0.15, 0.2) is 36.8 Å². The van der Waals surface area contributed by atoms with Crippen molar-refractivity contribution in [3.63, 3.8) is 0 Å². The van der Waals surface area contributed by atoms with Gasteiger partial charge in [0.1, 0.15) is 28.0 Å². The average Bonchev–Trinajstić information content (AvgIpc) is 3.18. The van der Waals surface area contributed by atoms with E-state index >= 15 is 4.39 Å². The van der Waals surface area contributed by atoms with Gasteiger partial charge in [-0.15, -0.1) is 0 Å². The predicted octanol–water partition coefficient (Wildman–Crippen LogP) is 4.49. The van der Waals surface area contributed by atoms with Crippen molar-refractivity contribution in [2.75, 3.05) is 30.7 Å². The largest absolute Gasteiger partial charge is 0.474 e. The summed E-state index contributed by atoms with van der Waals surface area (Å²) in [7, 11) is 1.80. The quantitative estimate of drug-likeness (QED) is 0.208. The van der Waals surface area contributed by atoms with E-state index in [1.54, 1.807) is 36.3 Å². The predicted molar refractivity (Wildman–Crippen MR) is 164 cm³/mol. The van der Waals surface area contributed by atoms with Gasteiger partial charge < -0.3 is 20.9 Å². The fraction of sp³-hybridized carbons (Fsp3) is 0.433. The maximum absolute atomic E-state index is 15.3. The van der Waals surface area contributed by atoms with E-state index in [1.807, 2.05) is 27.7 Å². The number of likely N-dealkylation sites (tertiary alicyclic amines) is 1. The van der Waals surface area contributed by atoms with Crippen LogP contribution in [0.4, 0.5) is 15.9 Å². The van der Waals surface area contributed by atoms with Gasteiger partial charge in [0.15, 0.2) is 5.82 Å². The van der Waals surface area contributed by atoms with Crippen LogP contribution in [0, 0.1) is 18.7 Å². The first-order valence-electron chi connectivity index (χ1n) is 14.2. The van der Waals surface area contributed by atoms with Gasteiger partial charge in [0, 0.05) is 75.4 Å². The highest BCUT2D eigenvalue weighted by molar-refractivity contribution is 6.29. The lowest BCUT2D eigenvalue weighted by Crippen LogP contribution is -2.55. The Hall–Kier alpha value is -3.87. The second-order valence-electron chi connectivity index (χ2n) is 11.6. The SMILES string of the molecule is Cc1nn(C)c(O[C@@H](C)CCNc2cc(Cl)ncc2-c2ncc(CN3CC(C(C)(C)O)C3)cc2F)c1-c1nccc(N)n1. The molecular formula is C30H37ClFN9O2. The fourth-order valence-electron chi connectivity index (χ4n) is 5.11. The monoisotopic (exact) mass is 609 g/mol. The number of aliphatic hydroxyl groups is 1. The third-order valence-corrected chi connectivity index (χ3v) is 7.84. The maximum atomic E-state index is 15.3. The van der Waals surface area contributed by atoms with Crippen LogP contribution in [0.1, 0.15) is 38.4 Å². The Morgan fingerprint density at radius 2 is 2.00 bits per heavy atom. The molecule has 0 amide bonds. The summed E-state index contributed by atoms with van der Waals surface area (Å²) in [5.74, 6) is 1.12. The number of nitrogens with one attached hydrogen (secondary N) is 1. The van der Waals surface area contributed by atoms with Crippen molar-refractivity contribution in [2.24, 2.45) is 13.0 Å². The molecule has 13 heteroatoms. The number of nitrogens with two attached hydrogens (primary N) is 1. The molecule has 0 spiro atoms. The number of pyridine rings is 2. The molecule has 43 heavy (non-hydrogen) atoms. The van der Waals surface area contributed by atoms with E-state index in [-0.39, 0.29) is 22.9 Å². The Morgan fingerprint density at radius 1 is 1.23 bits per heavy atom. The second-order valence-corrected chi connectivity index (χ2v) is 12.0. The molecule has 5 heterocycles. The third-order valence-electron chi connectivity index (χ3n) is 7.64. The first-order valence-corrected chi connectivity index (χ1v) is 14.5. The molecule has 4 aromatic heterocycles. The molecule has 0 unspecified atom stereocenters. The summed E-state index contributed by atoms with van der Waals surface area (Å²) in [4.78, 5) is 19.5. The molecule has 4 N–H and O–H groups in total. The van der Waals surface area contributed by atoms with Crippen molar-refractivity contribution in [1.82, 2.24) is 34.6 Å². The smallest absolute Gasteiger partial charge is 0.223 e. The molecule has 1 aliphatic rings. The lowest BCUT2D eigenvalue weighted by atomic mass is 9.84. The topological polar surface area (TPSA) is 140 Å². The molecule has 0 saturated carbocycles. The summed E-state index contributed by atoms with van der Waals surface area (Å²) in [5.41, 5.74) is 8.66. The number of hydrogen-bond donors (Lipinski definition) is 3. The van der Waals surface area contributed by atoms with E-state index in [1.165, 1.54) is 12.3 Å². The van der Waals surface area contributed by atoms with Crippen LogP contribution in [-0.4, -0.2) is 71.1 Å². The number of hydrogen-bond acceptors (Lipinski definition) is 10. The summed E-state index contributed by atoms with van der Waals surface area (Å²) in [5, 5.41) is 18.3. The number of anilines is 2. The van der Waals surface area contributed by atoms with Crippen molar-refractivity contribution in [1.29, 1.82) is 0 Å². The molecule has 1 fully saturated rings. The summed E-state index contributed by atoms with van der Waals surface area (Å²) in [6.07, 6.45) is 5.20. The van der Waals surface area contributed by atoms with Gasteiger partial charge in [0.2, 0.25) is 5.88 Å². The number of halogens is 2. The lowest BCUT2D eigenvalue weighted by molar-refractivity contribution is -0.0648. The summed E-state index contributed by atoms with van der Waals surface area (Å²) in [6.45, 7) is 10.1. The normalized spacial score (nSPS) is 14.9. The van der Waals surface area contributed by atoms with Gasteiger partial charge in [0.05, 0.1) is 17.4 Å². The van der Waals surface area contributed by atoms with Crippen LogP contribution >= 0.6 is 11.6 Å². The molecule has 5 rings (SSSR count). The molecular weight excluding hydrogens is 573 g/mol. The van der Waals surface area contributed by atoms with Crippen molar-refractivity contribution in [3.8, 4) is 28.5 Å². The zero-order chi connectivity index (χ0) is 30.9. The minimum absolute atomic E-state index is 0.190. The Labute approximate surface area is 255 Å². The van der Waals surface area contributed by atoms with Gasteiger partial charge in [-0.25, -0.2) is 24.0 Å². The van der Waals surface area contributed by atoms with Gasteiger partial charge in [-0.3, -0.25) is 9.88 Å². The van der Waals surface area contributed by atoms with Crippen molar-refractivity contribution < 1.29 is 14.2 Å². The van der Waals surface area contributed by atoms with Crippen LogP contribution in [0.2, 0.25) is 5.15 Å². The van der Waals surface area contributed by atoms with E-state index < -0.39 is 11.4 Å². The Bertz CT molecular complexity index is 1600. The highest BCUT2D eigenvalue weighted by Crippen LogP contribution is 2.33. The summed E-state index contributed by atoms with van der Waals surface area (Å²) < 4.78 is 23.3. The van der Waals surface area contributed by atoms with Crippen molar-refractivity contribution >= 4 is 23.1 Å². The van der Waals surface area contributed by atoms with Gasteiger partial charge in [-0.05, 0) is 51.5 Å². The van der Waals surface area contributed by atoms with Crippen LogP contribution in [0.25, 0.3) is 22.6 Å². The lowest BCUT2D eigenvalue weighted by Gasteiger charge is -2.45. The average molecular weight is 610 g/mol. The molecule has 0 aromatic carbocycles. The fourth-order valence-corrected chi connectivity index (χ4v) is 5.27. The van der Waals surface area contributed by atoms with Crippen LogP contribution in [0.5, 0.6) is 5.88 Å². The molecule has 11 nitrogen and oxygen atoms in total. The standard InChI is InChI=1S/C30H37ClFN9O2/c1-17(43-29-26(18(2)39-40(29)5)28-35-9-7-25(33)38-28)6-8-34-23-11-24(31)36-13-21(23)27-22(32)10-19(12-37-27)14-41-15-20(16-41)30(3,4)42/h7,9-13,17,20,42H,6,8,14-16H2,1-5H3,(H,34,36)(H2,33,35,38)/t17-/m0/s1. The number of rotatable bonds is 11. The van der Waals surface area contributed by atoms with Gasteiger partial charge in [0.25, 0.3) is 0 Å². The molecule has 1 saturated heterocycles. The van der Waals surface area contributed by atoms with Gasteiger partial charge in [-0.2, -0.15) is 5.10 Å². The molecule has 1 atom stereocenters. The number of aryl methyl sites for hydroxylation is 2. The van der Waals surface area contributed by atoms with E-state index in [9.17, 15) is 5.11 Å². The Balaban J connectivity index is 1.24. The molecule has 0 radical (unpaired) electrons. The van der Waals surface area contributed by atoms with Crippen molar-refractivity contribution in [3.05, 3.63) is 59.0 Å². The Morgan fingerprint density at radius 3 is 2.70 bits per heavy atom. The summed E-state index contributed by atoms with van der Waals surface area (Å²) in [6, 6.07) is 4.79. The number of nitrogen functional groups attached to an aromatic ring is 1. The number of nitrogens with zero attached hydrogens (tertiary/aromatic N) is 7. The highest BCUT2D eigenvalue weighted by atomic mass is 35.5. The number of ether oxygens (including phenoxy) is 1. The highest BCUT2D eigenvalue weighted by Gasteiger charge is 2.37. The molecule has 0 aliphatic carbocycles. The zero-order valence-electron chi connectivity index (χ0n) is 25.0. The first kappa shape index (κ1) is 30.6. The van der Waals surface area contributed by atoms with E-state index in [2.05, 4.69) is 35.3 Å². The van der Waals surface area contributed by atoms with E-state index in [4.69, 9.17) is 22.1 Å². The van der Waals surface area contributed by atoms with E-state index in [0.29, 0.717) is 53.8 Å². The number of aromatic nitrogens is 6. The zero-order valence-corrected chi connectivity index (χ0v) is 25.7. The van der Waals surface area contributed by atoms with Crippen LogP contribution in [0.3, 0.4) is 0 Å². The molecule has 0 bridgehead atoms. The molecule has 4 aromatic rings. The van der Waals surface area contributed by atoms with Gasteiger partial charge in [-0.1, -0.05) is 11.6 Å². The van der Waals surface area contributed by atoms with E-state index in [0.717, 1.165) is 24.3 Å². The minimum Gasteiger partial charge on any atom is -0.474 e. The van der Waals surface area contributed by atoms with Crippen LogP contribution < -0.4 is 15.8 Å². The molecule has 1 aliphatic heterocycles. The Kier molecular flexibility index (Phi) is 8.81. The maximum Gasteiger partial charge on any atom is 0.223 e. The summed E-state index contributed by atoms with van der Waals surface area (Å²) >= 11 is 6.20. The minimum atomic E-state index is -0.717. The first-order chi connectivity index (χ1) is 20.4. The van der Waals surface area contributed by atoms with Gasteiger partial charge >= 0.3 is 0 Å². The third kappa shape index (κ3) is 7.03.